The van der Waals surface area contributed by atoms with Gasteiger partial charge in [-0.1, -0.05) is 54.1 Å². The zero-order valence-electron chi connectivity index (χ0n) is 17.0. The molecule has 0 spiro atoms. The molecule has 9 heteroatoms. The Balaban J connectivity index is 1.93. The van der Waals surface area contributed by atoms with E-state index in [1.165, 1.54) is 42.5 Å². The number of rotatable bonds is 6. The monoisotopic (exact) mass is 449 g/mol. The standard InChI is InChI=1S/C23H19N3O5S/c1-17-7-14-21(15-8-17)32(30,31)25-22(16-9-18-5-3-2-4-6-18)24-23(27)19-10-12-20(13-11-19)26(28)29/h2-16H,1H3,(H,24,25,27)/b16-9+. The number of amides is 1. The molecule has 0 aromatic heterocycles. The number of nitro benzene ring substituents is 1. The summed E-state index contributed by atoms with van der Waals surface area (Å²) in [4.78, 5) is 22.8. The molecular weight excluding hydrogens is 430 g/mol. The Bertz CT molecular complexity index is 1280. The van der Waals surface area contributed by atoms with E-state index in [1.54, 1.807) is 30.3 Å². The summed E-state index contributed by atoms with van der Waals surface area (Å²) < 4.78 is 29.3. The van der Waals surface area contributed by atoms with Crippen molar-refractivity contribution in [3.05, 3.63) is 112 Å². The maximum absolute atomic E-state index is 12.8. The predicted molar refractivity (Wildman–Crippen MR) is 122 cm³/mol. The maximum Gasteiger partial charge on any atom is 0.284 e. The number of carbonyl (C=O) groups excluding carboxylic acids is 1. The van der Waals surface area contributed by atoms with Crippen molar-refractivity contribution in [2.75, 3.05) is 0 Å². The molecule has 0 radical (unpaired) electrons. The van der Waals surface area contributed by atoms with Crippen molar-refractivity contribution >= 4 is 33.5 Å². The van der Waals surface area contributed by atoms with Gasteiger partial charge in [0.25, 0.3) is 21.6 Å². The number of hydrogen-bond acceptors (Lipinski definition) is 5. The van der Waals surface area contributed by atoms with Gasteiger partial charge in [-0.05, 0) is 42.8 Å². The fourth-order valence-electron chi connectivity index (χ4n) is 2.65. The first kappa shape index (κ1) is 22.6. The smallest absolute Gasteiger partial charge is 0.284 e. The minimum absolute atomic E-state index is 0.0155. The molecular formula is C23H19N3O5S. The number of carbonyl (C=O) groups is 1. The molecule has 0 saturated carbocycles. The van der Waals surface area contributed by atoms with Gasteiger partial charge in [0.2, 0.25) is 0 Å². The summed E-state index contributed by atoms with van der Waals surface area (Å²) in [6.07, 6.45) is 2.99. The van der Waals surface area contributed by atoms with Crippen molar-refractivity contribution in [3.8, 4) is 0 Å². The summed E-state index contributed by atoms with van der Waals surface area (Å²) in [6.45, 7) is 1.83. The highest BCUT2D eigenvalue weighted by Crippen LogP contribution is 2.15. The molecule has 0 aliphatic heterocycles. The normalized spacial score (nSPS) is 12.0. The zero-order valence-corrected chi connectivity index (χ0v) is 17.8. The van der Waals surface area contributed by atoms with Gasteiger partial charge in [-0.2, -0.15) is 8.42 Å². The number of benzene rings is 3. The number of nitrogens with one attached hydrogen (secondary N) is 1. The Morgan fingerprint density at radius 2 is 1.59 bits per heavy atom. The molecule has 3 rings (SSSR count). The fraction of sp³-hybridized carbons (Fsp3) is 0.0435. The van der Waals surface area contributed by atoms with Crippen LogP contribution in [0, 0.1) is 17.0 Å². The van der Waals surface area contributed by atoms with Gasteiger partial charge < -0.3 is 5.32 Å². The second-order valence-corrected chi connectivity index (χ2v) is 8.37. The number of hydrogen-bond donors (Lipinski definition) is 1. The van der Waals surface area contributed by atoms with Crippen molar-refractivity contribution < 1.29 is 18.1 Å². The second-order valence-electron chi connectivity index (χ2n) is 6.77. The molecule has 0 aliphatic carbocycles. The number of aryl methyl sites for hydroxylation is 1. The molecule has 0 bridgehead atoms. The average Bonchev–Trinajstić information content (AvgIpc) is 2.78. The van der Waals surface area contributed by atoms with Crippen LogP contribution in [0.25, 0.3) is 6.08 Å². The zero-order chi connectivity index (χ0) is 23.1. The van der Waals surface area contributed by atoms with Gasteiger partial charge in [0, 0.05) is 17.7 Å². The summed E-state index contributed by atoms with van der Waals surface area (Å²) in [5.41, 5.74) is 1.62. The number of sulfonamides is 1. The number of nitrogens with zero attached hydrogens (tertiary/aromatic N) is 2. The van der Waals surface area contributed by atoms with Crippen LogP contribution in [-0.4, -0.2) is 25.1 Å². The van der Waals surface area contributed by atoms with Crippen molar-refractivity contribution in [1.29, 1.82) is 0 Å². The lowest BCUT2D eigenvalue weighted by Gasteiger charge is -2.07. The van der Waals surface area contributed by atoms with Gasteiger partial charge in [0.1, 0.15) is 5.84 Å². The molecule has 0 heterocycles. The number of nitro groups is 1. The molecule has 0 unspecified atom stereocenters. The Kier molecular flexibility index (Phi) is 6.91. The Hall–Kier alpha value is -4.11. The molecule has 3 aromatic carbocycles. The fourth-order valence-corrected chi connectivity index (χ4v) is 3.60. The van der Waals surface area contributed by atoms with Crippen LogP contribution >= 0.6 is 0 Å². The average molecular weight is 449 g/mol. The first-order valence-electron chi connectivity index (χ1n) is 9.45. The van der Waals surface area contributed by atoms with Gasteiger partial charge >= 0.3 is 0 Å². The lowest BCUT2D eigenvalue weighted by atomic mass is 10.2. The lowest BCUT2D eigenvalue weighted by Crippen LogP contribution is -2.30. The minimum Gasteiger partial charge on any atom is -0.306 e. The highest BCUT2D eigenvalue weighted by molar-refractivity contribution is 7.90. The van der Waals surface area contributed by atoms with Gasteiger partial charge in [-0.15, -0.1) is 4.40 Å². The predicted octanol–water partition coefficient (Wildman–Crippen LogP) is 4.13. The van der Waals surface area contributed by atoms with E-state index in [0.29, 0.717) is 0 Å². The summed E-state index contributed by atoms with van der Waals surface area (Å²) in [6, 6.07) is 20.2. The van der Waals surface area contributed by atoms with Crippen LogP contribution in [0.5, 0.6) is 0 Å². The maximum atomic E-state index is 12.8. The van der Waals surface area contributed by atoms with Crippen molar-refractivity contribution in [2.45, 2.75) is 11.8 Å². The highest BCUT2D eigenvalue weighted by Gasteiger charge is 2.16. The molecule has 0 saturated heterocycles. The third kappa shape index (κ3) is 5.96. The number of amidine groups is 1. The minimum atomic E-state index is -4.09. The van der Waals surface area contributed by atoms with Crippen LogP contribution in [0.4, 0.5) is 5.69 Å². The molecule has 162 valence electrons. The molecule has 0 atom stereocenters. The topological polar surface area (TPSA) is 119 Å². The quantitative estimate of drug-likeness (QED) is 0.263. The molecule has 0 fully saturated rings. The molecule has 32 heavy (non-hydrogen) atoms. The number of non-ortho nitro benzene ring substituents is 1. The van der Waals surface area contributed by atoms with Gasteiger partial charge in [-0.3, -0.25) is 14.9 Å². The van der Waals surface area contributed by atoms with E-state index in [2.05, 4.69) is 9.71 Å². The summed E-state index contributed by atoms with van der Waals surface area (Å²) >= 11 is 0. The van der Waals surface area contributed by atoms with Crippen LogP contribution < -0.4 is 5.32 Å². The first-order valence-corrected chi connectivity index (χ1v) is 10.9. The van der Waals surface area contributed by atoms with Crippen molar-refractivity contribution in [2.24, 2.45) is 4.40 Å². The largest absolute Gasteiger partial charge is 0.306 e. The molecule has 1 amide bonds. The van der Waals surface area contributed by atoms with Gasteiger partial charge in [0.15, 0.2) is 0 Å². The van der Waals surface area contributed by atoms with Crippen LogP contribution in [-0.2, 0) is 10.0 Å². The second kappa shape index (κ2) is 9.80. The SMILES string of the molecule is Cc1ccc(S(=O)(=O)/N=C(\C=C\c2ccccc2)NC(=O)c2ccc([N+](=O)[O-])cc2)cc1. The van der Waals surface area contributed by atoms with E-state index in [-0.39, 0.29) is 22.0 Å². The Morgan fingerprint density at radius 3 is 2.19 bits per heavy atom. The van der Waals surface area contributed by atoms with Crippen molar-refractivity contribution in [1.82, 2.24) is 5.32 Å². The van der Waals surface area contributed by atoms with E-state index in [9.17, 15) is 23.3 Å². The van der Waals surface area contributed by atoms with Crippen LogP contribution in [0.3, 0.4) is 0 Å². The Morgan fingerprint density at radius 1 is 0.969 bits per heavy atom. The molecule has 8 nitrogen and oxygen atoms in total. The van der Waals surface area contributed by atoms with E-state index in [0.717, 1.165) is 11.1 Å². The van der Waals surface area contributed by atoms with Crippen LogP contribution in [0.15, 0.2) is 94.2 Å². The molecule has 0 aliphatic rings. The van der Waals surface area contributed by atoms with E-state index in [1.807, 2.05) is 25.1 Å². The van der Waals surface area contributed by atoms with Crippen molar-refractivity contribution in [3.63, 3.8) is 0 Å². The third-order valence-corrected chi connectivity index (χ3v) is 5.66. The Labute approximate surface area is 185 Å². The van der Waals surface area contributed by atoms with Crippen LogP contribution in [0.1, 0.15) is 21.5 Å². The van der Waals surface area contributed by atoms with Gasteiger partial charge in [-0.25, -0.2) is 0 Å². The summed E-state index contributed by atoms with van der Waals surface area (Å²) in [5.74, 6) is -0.853. The first-order chi connectivity index (χ1) is 15.2. The van der Waals surface area contributed by atoms with E-state index >= 15 is 0 Å². The van der Waals surface area contributed by atoms with Gasteiger partial charge in [0.05, 0.1) is 9.82 Å². The third-order valence-electron chi connectivity index (χ3n) is 4.35. The van der Waals surface area contributed by atoms with E-state index in [4.69, 9.17) is 0 Å². The molecule has 3 aromatic rings. The highest BCUT2D eigenvalue weighted by atomic mass is 32.2. The lowest BCUT2D eigenvalue weighted by molar-refractivity contribution is -0.384. The summed E-state index contributed by atoms with van der Waals surface area (Å²) in [5, 5.41) is 13.3. The summed E-state index contributed by atoms with van der Waals surface area (Å²) in [7, 11) is -4.09. The molecule has 1 N–H and O–H groups in total. The van der Waals surface area contributed by atoms with E-state index < -0.39 is 20.9 Å². The van der Waals surface area contributed by atoms with Crippen LogP contribution in [0.2, 0.25) is 0 Å².